The van der Waals surface area contributed by atoms with E-state index in [-0.39, 0.29) is 42.5 Å². The number of guanidine groups is 1. The SMILES string of the molecule is CN=C(NCCN1C(=O)CNC1=O)N1CC=C(c2ccccc2)CC1.I. The van der Waals surface area contributed by atoms with Gasteiger partial charge in [-0.25, -0.2) is 4.79 Å². The van der Waals surface area contributed by atoms with Crippen LogP contribution in [0.4, 0.5) is 4.79 Å². The number of carbonyl (C=O) groups excluding carboxylic acids is 2. The number of benzene rings is 1. The Labute approximate surface area is 170 Å². The molecule has 2 N–H and O–H groups in total. The molecule has 2 aliphatic heterocycles. The van der Waals surface area contributed by atoms with Crippen molar-refractivity contribution in [3.05, 3.63) is 42.0 Å². The molecule has 1 aromatic rings. The average Bonchev–Trinajstić information content (AvgIpc) is 2.98. The summed E-state index contributed by atoms with van der Waals surface area (Å²) in [4.78, 5) is 30.8. The predicted molar refractivity (Wildman–Crippen MR) is 112 cm³/mol. The zero-order chi connectivity index (χ0) is 17.6. The molecule has 1 fully saturated rings. The Morgan fingerprint density at radius 1 is 1.27 bits per heavy atom. The van der Waals surface area contributed by atoms with Crippen molar-refractivity contribution in [2.45, 2.75) is 6.42 Å². The van der Waals surface area contributed by atoms with Crippen molar-refractivity contribution in [1.82, 2.24) is 20.4 Å². The van der Waals surface area contributed by atoms with Crippen LogP contribution < -0.4 is 10.6 Å². The first-order valence-electron chi connectivity index (χ1n) is 8.47. The van der Waals surface area contributed by atoms with Crippen molar-refractivity contribution < 1.29 is 9.59 Å². The van der Waals surface area contributed by atoms with Gasteiger partial charge in [-0.1, -0.05) is 36.4 Å². The molecule has 0 aliphatic carbocycles. The number of aliphatic imine (C=N–C) groups is 1. The van der Waals surface area contributed by atoms with Crippen LogP contribution in [0.15, 0.2) is 41.4 Å². The maximum Gasteiger partial charge on any atom is 0.324 e. The Balaban J connectivity index is 0.00000243. The van der Waals surface area contributed by atoms with E-state index in [1.165, 1.54) is 16.0 Å². The number of nitrogens with one attached hydrogen (secondary N) is 2. The molecule has 140 valence electrons. The zero-order valence-corrected chi connectivity index (χ0v) is 17.1. The number of nitrogens with zero attached hydrogens (tertiary/aromatic N) is 3. The van der Waals surface area contributed by atoms with Crippen LogP contribution >= 0.6 is 24.0 Å². The monoisotopic (exact) mass is 469 g/mol. The molecular weight excluding hydrogens is 445 g/mol. The van der Waals surface area contributed by atoms with Gasteiger partial charge in [0.2, 0.25) is 5.91 Å². The molecule has 0 unspecified atom stereocenters. The fourth-order valence-electron chi connectivity index (χ4n) is 3.07. The van der Waals surface area contributed by atoms with Gasteiger partial charge in [-0.2, -0.15) is 0 Å². The number of urea groups is 1. The third-order valence-electron chi connectivity index (χ3n) is 4.42. The van der Waals surface area contributed by atoms with Gasteiger partial charge in [-0.15, -0.1) is 24.0 Å². The summed E-state index contributed by atoms with van der Waals surface area (Å²) in [6, 6.07) is 10.1. The molecule has 0 aromatic heterocycles. The van der Waals surface area contributed by atoms with Crippen LogP contribution in [-0.2, 0) is 4.79 Å². The van der Waals surface area contributed by atoms with E-state index in [2.05, 4.69) is 50.9 Å². The number of carbonyl (C=O) groups is 2. The quantitative estimate of drug-likeness (QED) is 0.304. The van der Waals surface area contributed by atoms with Crippen molar-refractivity contribution in [3.63, 3.8) is 0 Å². The van der Waals surface area contributed by atoms with Gasteiger partial charge in [0.25, 0.3) is 0 Å². The summed E-state index contributed by atoms with van der Waals surface area (Å²) in [5, 5.41) is 5.75. The van der Waals surface area contributed by atoms with Crippen LogP contribution in [0.5, 0.6) is 0 Å². The van der Waals surface area contributed by atoms with Gasteiger partial charge in [0.05, 0.1) is 6.54 Å². The van der Waals surface area contributed by atoms with Gasteiger partial charge < -0.3 is 15.5 Å². The van der Waals surface area contributed by atoms with Gasteiger partial charge >= 0.3 is 6.03 Å². The lowest BCUT2D eigenvalue weighted by Crippen LogP contribution is -2.46. The molecule has 8 heteroatoms. The van der Waals surface area contributed by atoms with Crippen LogP contribution in [0.1, 0.15) is 12.0 Å². The standard InChI is InChI=1S/C18H23N5O2.HI/c1-19-17(20-9-12-23-16(24)13-21-18(23)25)22-10-7-15(8-11-22)14-5-3-2-4-6-14;/h2-7H,8-13H2,1H3,(H,19,20)(H,21,25);1H. The van der Waals surface area contributed by atoms with Gasteiger partial charge in [0.1, 0.15) is 0 Å². The van der Waals surface area contributed by atoms with E-state index in [0.29, 0.717) is 13.1 Å². The second kappa shape index (κ2) is 9.56. The predicted octanol–water partition coefficient (Wildman–Crippen LogP) is 1.52. The molecular formula is C18H24IN5O2. The molecule has 3 amide bonds. The van der Waals surface area contributed by atoms with Gasteiger partial charge in [-0.3, -0.25) is 14.7 Å². The number of halogens is 1. The molecule has 0 atom stereocenters. The van der Waals surface area contributed by atoms with Crippen LogP contribution in [0.2, 0.25) is 0 Å². The highest BCUT2D eigenvalue weighted by molar-refractivity contribution is 14.0. The molecule has 3 rings (SSSR count). The summed E-state index contributed by atoms with van der Waals surface area (Å²) in [6.45, 7) is 2.57. The maximum absolute atomic E-state index is 11.6. The Bertz CT molecular complexity index is 689. The fraction of sp³-hybridized carbons (Fsp3) is 0.389. The number of rotatable bonds is 4. The molecule has 1 aromatic carbocycles. The van der Waals surface area contributed by atoms with E-state index >= 15 is 0 Å². The van der Waals surface area contributed by atoms with Crippen molar-refractivity contribution >= 4 is 47.4 Å². The van der Waals surface area contributed by atoms with E-state index in [9.17, 15) is 9.59 Å². The smallest absolute Gasteiger partial charge is 0.324 e. The van der Waals surface area contributed by atoms with Crippen molar-refractivity contribution in [1.29, 1.82) is 0 Å². The lowest BCUT2D eigenvalue weighted by Gasteiger charge is -2.30. The number of amides is 3. The third kappa shape index (κ3) is 4.75. The van der Waals surface area contributed by atoms with Crippen molar-refractivity contribution in [2.24, 2.45) is 4.99 Å². The normalized spacial score (nSPS) is 17.6. The summed E-state index contributed by atoms with van der Waals surface area (Å²) >= 11 is 0. The molecule has 0 bridgehead atoms. The van der Waals surface area contributed by atoms with Crippen molar-refractivity contribution in [2.75, 3.05) is 39.8 Å². The first-order chi connectivity index (χ1) is 12.2. The van der Waals surface area contributed by atoms with Crippen LogP contribution in [-0.4, -0.2) is 67.5 Å². The molecule has 0 spiro atoms. The first-order valence-corrected chi connectivity index (χ1v) is 8.47. The summed E-state index contributed by atoms with van der Waals surface area (Å²) in [7, 11) is 1.74. The van der Waals surface area contributed by atoms with Crippen LogP contribution in [0.3, 0.4) is 0 Å². The van der Waals surface area contributed by atoms with E-state index in [1.807, 2.05) is 6.07 Å². The fourth-order valence-corrected chi connectivity index (χ4v) is 3.07. The van der Waals surface area contributed by atoms with Crippen LogP contribution in [0.25, 0.3) is 5.57 Å². The summed E-state index contributed by atoms with van der Waals surface area (Å²) in [5.74, 6) is 0.602. The third-order valence-corrected chi connectivity index (χ3v) is 4.42. The van der Waals surface area contributed by atoms with E-state index < -0.39 is 0 Å². The van der Waals surface area contributed by atoms with E-state index in [1.54, 1.807) is 7.05 Å². The minimum atomic E-state index is -0.324. The van der Waals surface area contributed by atoms with E-state index in [0.717, 1.165) is 25.5 Å². The Hall–Kier alpha value is -2.10. The number of hydrogen-bond donors (Lipinski definition) is 2. The summed E-state index contributed by atoms with van der Waals surface area (Å²) < 4.78 is 0. The minimum absolute atomic E-state index is 0. The number of imide groups is 1. The lowest BCUT2D eigenvalue weighted by molar-refractivity contribution is -0.124. The average molecular weight is 469 g/mol. The highest BCUT2D eigenvalue weighted by atomic mass is 127. The highest BCUT2D eigenvalue weighted by Crippen LogP contribution is 2.21. The minimum Gasteiger partial charge on any atom is -0.354 e. The molecule has 2 aliphatic rings. The second-order valence-corrected chi connectivity index (χ2v) is 5.97. The van der Waals surface area contributed by atoms with E-state index in [4.69, 9.17) is 0 Å². The molecule has 26 heavy (non-hydrogen) atoms. The molecule has 2 heterocycles. The second-order valence-electron chi connectivity index (χ2n) is 5.97. The maximum atomic E-state index is 11.6. The van der Waals surface area contributed by atoms with Crippen molar-refractivity contribution in [3.8, 4) is 0 Å². The molecule has 7 nitrogen and oxygen atoms in total. The zero-order valence-electron chi connectivity index (χ0n) is 14.8. The Morgan fingerprint density at radius 3 is 2.62 bits per heavy atom. The van der Waals surface area contributed by atoms with Gasteiger partial charge in [0.15, 0.2) is 5.96 Å². The lowest BCUT2D eigenvalue weighted by atomic mass is 10.00. The number of hydrogen-bond acceptors (Lipinski definition) is 3. The Morgan fingerprint density at radius 2 is 2.04 bits per heavy atom. The van der Waals surface area contributed by atoms with Crippen LogP contribution in [0, 0.1) is 0 Å². The summed E-state index contributed by atoms with van der Waals surface area (Å²) in [6.07, 6.45) is 3.18. The summed E-state index contributed by atoms with van der Waals surface area (Å²) in [5.41, 5.74) is 2.62. The molecule has 1 saturated heterocycles. The first kappa shape index (κ1) is 20.2. The van der Waals surface area contributed by atoms with Gasteiger partial charge in [0, 0.05) is 33.2 Å². The topological polar surface area (TPSA) is 77.0 Å². The highest BCUT2D eigenvalue weighted by Gasteiger charge is 2.27. The Kier molecular flexibility index (Phi) is 7.43. The molecule has 0 radical (unpaired) electrons. The van der Waals surface area contributed by atoms with Gasteiger partial charge in [-0.05, 0) is 17.6 Å². The molecule has 0 saturated carbocycles. The largest absolute Gasteiger partial charge is 0.354 e.